The summed E-state index contributed by atoms with van der Waals surface area (Å²) in [5.74, 6) is 0. The summed E-state index contributed by atoms with van der Waals surface area (Å²) in [6.07, 6.45) is 17.4. The Morgan fingerprint density at radius 2 is 0.522 bits per heavy atom. The average Bonchev–Trinajstić information content (AvgIpc) is 2.41. The van der Waals surface area contributed by atoms with Crippen molar-refractivity contribution in [3.05, 3.63) is 0 Å². The molecule has 0 amide bonds. The third kappa shape index (κ3) is 29.0. The van der Waals surface area contributed by atoms with Crippen molar-refractivity contribution in [3.8, 4) is 0 Å². The molecule has 0 radical (unpaired) electrons. The van der Waals surface area contributed by atoms with E-state index in [0.29, 0.717) is 15.8 Å². The van der Waals surface area contributed by atoms with Crippen LogP contribution in [-0.2, 0) is 16.5 Å². The van der Waals surface area contributed by atoms with E-state index in [2.05, 4.69) is 41.5 Å². The first-order chi connectivity index (χ1) is 9.69. The van der Waals surface area contributed by atoms with E-state index < -0.39 is 0 Å². The van der Waals surface area contributed by atoms with Crippen LogP contribution in [-0.4, -0.2) is 37.0 Å². The van der Waals surface area contributed by atoms with Crippen molar-refractivity contribution in [3.63, 3.8) is 0 Å². The zero-order valence-corrected chi connectivity index (χ0v) is 20.7. The largest absolute Gasteiger partial charge is 2.00 e. The molecule has 0 aliphatic rings. The van der Waals surface area contributed by atoms with Crippen molar-refractivity contribution in [1.29, 1.82) is 0 Å². The molecule has 0 aromatic heterocycles. The molecule has 148 valence electrons. The molecule has 0 aromatic carbocycles. The zero-order valence-electron chi connectivity index (χ0n) is 16.5. The maximum absolute atomic E-state index is 2.31. The Labute approximate surface area is 173 Å². The molecule has 0 atom stereocenters. The molecule has 0 spiro atoms. The first-order valence-corrected chi connectivity index (χ1v) is 12.9. The van der Waals surface area contributed by atoms with Gasteiger partial charge in [-0.3, -0.25) is 0 Å². The molecular formula is C18H42Cl2NiP2. The normalized spacial score (nSPS) is 9.39. The van der Waals surface area contributed by atoms with Gasteiger partial charge in [0.2, 0.25) is 0 Å². The fourth-order valence-corrected chi connectivity index (χ4v) is 7.70. The summed E-state index contributed by atoms with van der Waals surface area (Å²) in [5, 5.41) is 0. The quantitative estimate of drug-likeness (QED) is 0.312. The van der Waals surface area contributed by atoms with E-state index in [1.54, 1.807) is 0 Å². The van der Waals surface area contributed by atoms with Crippen LogP contribution in [0.5, 0.6) is 0 Å². The summed E-state index contributed by atoms with van der Waals surface area (Å²) in [4.78, 5) is 0. The third-order valence-electron chi connectivity index (χ3n) is 3.24. The second kappa shape index (κ2) is 31.7. The fraction of sp³-hybridized carbons (Fsp3) is 1.00. The van der Waals surface area contributed by atoms with Gasteiger partial charge in [0.25, 0.3) is 0 Å². The predicted octanol–water partition coefficient (Wildman–Crippen LogP) is 1.40. The summed E-state index contributed by atoms with van der Waals surface area (Å²) < 4.78 is 0. The van der Waals surface area contributed by atoms with Crippen LogP contribution in [0.2, 0.25) is 0 Å². The minimum atomic E-state index is 0. The monoisotopic (exact) mass is 448 g/mol. The van der Waals surface area contributed by atoms with E-state index in [4.69, 9.17) is 0 Å². The van der Waals surface area contributed by atoms with E-state index in [9.17, 15) is 0 Å². The fourth-order valence-electron chi connectivity index (χ4n) is 2.57. The van der Waals surface area contributed by atoms with Crippen LogP contribution < -0.4 is 24.8 Å². The summed E-state index contributed by atoms with van der Waals surface area (Å²) >= 11 is 0. The van der Waals surface area contributed by atoms with Crippen LogP contribution in [0.4, 0.5) is 0 Å². The molecule has 0 aliphatic heterocycles. The van der Waals surface area contributed by atoms with Crippen molar-refractivity contribution in [2.24, 2.45) is 0 Å². The van der Waals surface area contributed by atoms with Crippen molar-refractivity contribution in [2.75, 3.05) is 37.0 Å². The SMILES string of the molecule is CCCP(CCC)CCC.CCCP(CCC)CCC.[Cl-].[Cl-].[Ni+2]. The van der Waals surface area contributed by atoms with Crippen LogP contribution in [0, 0.1) is 0 Å². The molecule has 0 aromatic rings. The Hall–Kier alpha value is 1.93. The summed E-state index contributed by atoms with van der Waals surface area (Å²) in [6, 6.07) is 0. The van der Waals surface area contributed by atoms with E-state index in [1.165, 1.54) is 75.5 Å². The molecule has 0 N–H and O–H groups in total. The van der Waals surface area contributed by atoms with Gasteiger partial charge in [0, 0.05) is 0 Å². The minimum Gasteiger partial charge on any atom is -1.00 e. The van der Waals surface area contributed by atoms with Gasteiger partial charge in [0.05, 0.1) is 0 Å². The molecule has 0 aliphatic carbocycles. The maximum Gasteiger partial charge on any atom is 2.00 e. The molecule has 0 nitrogen and oxygen atoms in total. The van der Waals surface area contributed by atoms with Gasteiger partial charge in [-0.2, -0.15) is 0 Å². The Balaban J connectivity index is -0.0000000831. The number of hydrogen-bond acceptors (Lipinski definition) is 0. The standard InChI is InChI=1S/2C9H21P.2ClH.Ni/c2*1-4-7-10(8-5-2)9-6-3;;;/h2*4-9H2,1-3H3;2*1H;/q;;;;+2/p-2. The van der Waals surface area contributed by atoms with Crippen LogP contribution >= 0.6 is 15.8 Å². The number of halogens is 2. The van der Waals surface area contributed by atoms with Gasteiger partial charge in [-0.05, 0) is 37.0 Å². The van der Waals surface area contributed by atoms with Gasteiger partial charge in [0.1, 0.15) is 0 Å². The first kappa shape index (κ1) is 35.9. The smallest absolute Gasteiger partial charge is 1.00 e. The van der Waals surface area contributed by atoms with Crippen molar-refractivity contribution in [2.45, 2.75) is 80.1 Å². The third-order valence-corrected chi connectivity index (χ3v) is 9.72. The summed E-state index contributed by atoms with van der Waals surface area (Å²) in [5.41, 5.74) is 0. The van der Waals surface area contributed by atoms with Gasteiger partial charge < -0.3 is 24.8 Å². The molecule has 0 unspecified atom stereocenters. The Bertz CT molecular complexity index is 129. The van der Waals surface area contributed by atoms with Gasteiger partial charge >= 0.3 is 16.5 Å². The molecule has 0 saturated carbocycles. The average molecular weight is 450 g/mol. The van der Waals surface area contributed by atoms with Crippen LogP contribution in [0.15, 0.2) is 0 Å². The van der Waals surface area contributed by atoms with E-state index in [0.717, 1.165) is 0 Å². The Morgan fingerprint density at radius 3 is 0.609 bits per heavy atom. The number of rotatable bonds is 12. The molecule has 5 heteroatoms. The van der Waals surface area contributed by atoms with Gasteiger partial charge in [0.15, 0.2) is 0 Å². The van der Waals surface area contributed by atoms with Crippen molar-refractivity contribution >= 4 is 15.8 Å². The van der Waals surface area contributed by atoms with Crippen LogP contribution in [0.25, 0.3) is 0 Å². The second-order valence-corrected chi connectivity index (χ2v) is 11.0. The van der Waals surface area contributed by atoms with Crippen molar-refractivity contribution in [1.82, 2.24) is 0 Å². The van der Waals surface area contributed by atoms with Gasteiger partial charge in [-0.1, -0.05) is 80.1 Å². The van der Waals surface area contributed by atoms with Gasteiger partial charge in [-0.15, -0.1) is 15.8 Å². The zero-order chi connectivity index (χ0) is 15.6. The molecule has 0 rings (SSSR count). The molecule has 0 saturated heterocycles. The summed E-state index contributed by atoms with van der Waals surface area (Å²) in [7, 11) is 0.878. The molecular weight excluding hydrogens is 408 g/mol. The number of hydrogen-bond donors (Lipinski definition) is 0. The first-order valence-electron chi connectivity index (χ1n) is 9.14. The van der Waals surface area contributed by atoms with E-state index in [-0.39, 0.29) is 41.3 Å². The Kier molecular flexibility index (Phi) is 49.5. The minimum absolute atomic E-state index is 0. The van der Waals surface area contributed by atoms with Crippen LogP contribution in [0.1, 0.15) is 80.1 Å². The molecule has 0 fully saturated rings. The Morgan fingerprint density at radius 1 is 0.391 bits per heavy atom. The molecule has 23 heavy (non-hydrogen) atoms. The topological polar surface area (TPSA) is 0 Å². The second-order valence-electron chi connectivity index (χ2n) is 5.68. The van der Waals surface area contributed by atoms with E-state index >= 15 is 0 Å². The maximum atomic E-state index is 2.31. The van der Waals surface area contributed by atoms with Crippen molar-refractivity contribution < 1.29 is 41.3 Å². The van der Waals surface area contributed by atoms with Crippen LogP contribution in [0.3, 0.4) is 0 Å². The molecule has 0 bridgehead atoms. The van der Waals surface area contributed by atoms with E-state index in [1.807, 2.05) is 0 Å². The summed E-state index contributed by atoms with van der Waals surface area (Å²) in [6.45, 7) is 13.8. The van der Waals surface area contributed by atoms with Gasteiger partial charge in [-0.25, -0.2) is 0 Å². The predicted molar refractivity (Wildman–Crippen MR) is 105 cm³/mol. The molecule has 0 heterocycles.